The van der Waals surface area contributed by atoms with Gasteiger partial charge in [0.15, 0.2) is 17.5 Å². The molecule has 0 fully saturated rings. The average Bonchev–Trinajstić information content (AvgIpc) is 3.69. The van der Waals surface area contributed by atoms with Crippen molar-refractivity contribution in [1.82, 2.24) is 15.0 Å². The van der Waals surface area contributed by atoms with Crippen LogP contribution in [0, 0.1) is 11.3 Å². The van der Waals surface area contributed by atoms with Gasteiger partial charge in [-0.15, -0.1) is 0 Å². The molecule has 0 aliphatic heterocycles. The Morgan fingerprint density at radius 2 is 0.825 bits per heavy atom. The fourth-order valence-electron chi connectivity index (χ4n) is 7.62. The summed E-state index contributed by atoms with van der Waals surface area (Å²) in [5, 5.41) is 11.7. The van der Waals surface area contributed by atoms with Gasteiger partial charge in [-0.05, 0) is 63.7 Å². The first kappa shape index (κ1) is 33.6. The summed E-state index contributed by atoms with van der Waals surface area (Å²) >= 11 is 0. The summed E-state index contributed by atoms with van der Waals surface area (Å²) in [6, 6.07) is 68.0. The zero-order chi connectivity index (χ0) is 38.1. The predicted octanol–water partition coefficient (Wildman–Crippen LogP) is 13.3. The SMILES string of the molecule is N#Cc1ccccc1-c1ccc(-c2ccc(-c3nc(-c4ccccc4)nc(-c4ccccc4)n3)c3c2oc2c(-c4ccccc4)cc(-c4ccccc4)cc23)cc1. The summed E-state index contributed by atoms with van der Waals surface area (Å²) in [6.45, 7) is 0. The maximum Gasteiger partial charge on any atom is 0.164 e. The van der Waals surface area contributed by atoms with Crippen LogP contribution in [0.3, 0.4) is 0 Å². The third kappa shape index (κ3) is 6.22. The standard InChI is InChI=1S/C52H32N4O/c53-33-40-23-13-14-24-42(40)36-25-27-37(28-26-36)43-29-30-44(52-55-50(38-19-9-3-10-20-38)54-51(56-52)39-21-11-4-12-22-39)47-46-32-41(34-15-5-1-6-16-34)31-45(48(46)57-49(43)47)35-17-7-2-8-18-35/h1-32H. The number of furan rings is 1. The van der Waals surface area contributed by atoms with Gasteiger partial charge in [0.05, 0.1) is 11.6 Å². The summed E-state index contributed by atoms with van der Waals surface area (Å²) in [7, 11) is 0. The van der Waals surface area contributed by atoms with E-state index in [1.54, 1.807) is 0 Å². The maximum absolute atomic E-state index is 9.80. The van der Waals surface area contributed by atoms with Gasteiger partial charge in [-0.1, -0.05) is 164 Å². The molecule has 0 unspecified atom stereocenters. The summed E-state index contributed by atoms with van der Waals surface area (Å²) in [5.41, 5.74) is 12.8. The van der Waals surface area contributed by atoms with Crippen LogP contribution < -0.4 is 0 Å². The van der Waals surface area contributed by atoms with Gasteiger partial charge in [-0.2, -0.15) is 5.26 Å². The van der Waals surface area contributed by atoms with E-state index < -0.39 is 0 Å². The van der Waals surface area contributed by atoms with Crippen LogP contribution in [0.25, 0.3) is 101 Å². The van der Waals surface area contributed by atoms with Crippen LogP contribution in [0.1, 0.15) is 5.56 Å². The van der Waals surface area contributed by atoms with E-state index in [0.29, 0.717) is 23.0 Å². The number of hydrogen-bond donors (Lipinski definition) is 0. The van der Waals surface area contributed by atoms with Crippen LogP contribution >= 0.6 is 0 Å². The van der Waals surface area contributed by atoms with Crippen molar-refractivity contribution in [1.29, 1.82) is 5.26 Å². The Balaban J connectivity index is 1.27. The van der Waals surface area contributed by atoms with Crippen molar-refractivity contribution >= 4 is 21.9 Å². The summed E-state index contributed by atoms with van der Waals surface area (Å²) in [4.78, 5) is 15.3. The number of aromatic nitrogens is 3. The molecule has 0 spiro atoms. The average molecular weight is 729 g/mol. The van der Waals surface area contributed by atoms with E-state index in [2.05, 4.69) is 103 Å². The molecule has 0 N–H and O–H groups in total. The van der Waals surface area contributed by atoms with Crippen molar-refractivity contribution in [2.45, 2.75) is 0 Å². The minimum absolute atomic E-state index is 0.553. The second kappa shape index (κ2) is 14.4. The molecule has 266 valence electrons. The maximum atomic E-state index is 9.80. The normalized spacial score (nSPS) is 11.1. The van der Waals surface area contributed by atoms with E-state index in [0.717, 1.165) is 83.1 Å². The molecule has 2 aromatic heterocycles. The zero-order valence-corrected chi connectivity index (χ0v) is 30.7. The van der Waals surface area contributed by atoms with Gasteiger partial charge in [0.25, 0.3) is 0 Å². The van der Waals surface area contributed by atoms with Crippen LogP contribution in [-0.2, 0) is 0 Å². The number of benzene rings is 8. The number of fused-ring (bicyclic) bond motifs is 3. The molecule has 57 heavy (non-hydrogen) atoms. The Kier molecular flexibility index (Phi) is 8.48. The van der Waals surface area contributed by atoms with Crippen molar-refractivity contribution < 1.29 is 4.42 Å². The highest BCUT2D eigenvalue weighted by Gasteiger charge is 2.23. The van der Waals surface area contributed by atoms with Gasteiger partial charge in [0.2, 0.25) is 0 Å². The highest BCUT2D eigenvalue weighted by molar-refractivity contribution is 6.19. The Labute approximate surface area is 329 Å². The smallest absolute Gasteiger partial charge is 0.164 e. The minimum atomic E-state index is 0.553. The zero-order valence-electron chi connectivity index (χ0n) is 30.7. The molecule has 10 aromatic rings. The van der Waals surface area contributed by atoms with Gasteiger partial charge >= 0.3 is 0 Å². The lowest BCUT2D eigenvalue weighted by Gasteiger charge is -2.11. The molecule has 0 saturated carbocycles. The van der Waals surface area contributed by atoms with Gasteiger partial charge in [0, 0.05) is 38.6 Å². The van der Waals surface area contributed by atoms with E-state index >= 15 is 0 Å². The molecule has 0 saturated heterocycles. The summed E-state index contributed by atoms with van der Waals surface area (Å²) < 4.78 is 7.14. The lowest BCUT2D eigenvalue weighted by molar-refractivity contribution is 0.671. The fourth-order valence-corrected chi connectivity index (χ4v) is 7.62. The first-order chi connectivity index (χ1) is 28.2. The predicted molar refractivity (Wildman–Crippen MR) is 230 cm³/mol. The molecule has 0 aliphatic rings. The van der Waals surface area contributed by atoms with E-state index in [4.69, 9.17) is 19.4 Å². The lowest BCUT2D eigenvalue weighted by Crippen LogP contribution is -2.00. The molecular weight excluding hydrogens is 697 g/mol. The van der Waals surface area contributed by atoms with Gasteiger partial charge in [-0.3, -0.25) is 0 Å². The van der Waals surface area contributed by atoms with Crippen molar-refractivity contribution in [3.63, 3.8) is 0 Å². The topological polar surface area (TPSA) is 75.6 Å². The molecule has 8 aromatic carbocycles. The van der Waals surface area contributed by atoms with Crippen molar-refractivity contribution in [2.75, 3.05) is 0 Å². The second-order valence-corrected chi connectivity index (χ2v) is 13.9. The first-order valence-corrected chi connectivity index (χ1v) is 18.8. The van der Waals surface area contributed by atoms with Gasteiger partial charge in [-0.25, -0.2) is 15.0 Å². The molecule has 2 heterocycles. The molecule has 5 heteroatoms. The van der Waals surface area contributed by atoms with E-state index in [9.17, 15) is 5.26 Å². The van der Waals surface area contributed by atoms with E-state index in [-0.39, 0.29) is 0 Å². The molecule has 5 nitrogen and oxygen atoms in total. The Hall–Kier alpha value is -7.94. The quantitative estimate of drug-likeness (QED) is 0.163. The number of nitriles is 1. The molecule has 0 bridgehead atoms. The Morgan fingerprint density at radius 1 is 0.351 bits per heavy atom. The molecule has 0 aliphatic carbocycles. The molecule has 0 atom stereocenters. The van der Waals surface area contributed by atoms with Crippen LogP contribution in [0.5, 0.6) is 0 Å². The largest absolute Gasteiger partial charge is 0.455 e. The Bertz CT molecular complexity index is 3040. The summed E-state index contributed by atoms with van der Waals surface area (Å²) in [6.07, 6.45) is 0. The molecule has 0 amide bonds. The van der Waals surface area contributed by atoms with E-state index in [1.807, 2.05) is 97.1 Å². The third-order valence-electron chi connectivity index (χ3n) is 10.4. The lowest BCUT2D eigenvalue weighted by atomic mass is 9.93. The van der Waals surface area contributed by atoms with Gasteiger partial charge < -0.3 is 4.42 Å². The second-order valence-electron chi connectivity index (χ2n) is 13.9. The van der Waals surface area contributed by atoms with Crippen molar-refractivity contribution in [3.8, 4) is 84.7 Å². The third-order valence-corrected chi connectivity index (χ3v) is 10.4. The summed E-state index contributed by atoms with van der Waals surface area (Å²) in [5.74, 6) is 1.73. The highest BCUT2D eigenvalue weighted by atomic mass is 16.3. The molecule has 0 radical (unpaired) electrons. The highest BCUT2D eigenvalue weighted by Crippen LogP contribution is 2.46. The minimum Gasteiger partial charge on any atom is -0.455 e. The van der Waals surface area contributed by atoms with Crippen LogP contribution in [-0.4, -0.2) is 15.0 Å². The van der Waals surface area contributed by atoms with Crippen molar-refractivity contribution in [2.24, 2.45) is 0 Å². The number of nitrogens with zero attached hydrogens (tertiary/aromatic N) is 4. The number of rotatable bonds is 7. The first-order valence-electron chi connectivity index (χ1n) is 18.8. The van der Waals surface area contributed by atoms with Crippen molar-refractivity contribution in [3.05, 3.63) is 200 Å². The molecular formula is C52H32N4O. The van der Waals surface area contributed by atoms with Crippen LogP contribution in [0.4, 0.5) is 0 Å². The van der Waals surface area contributed by atoms with Gasteiger partial charge in [0.1, 0.15) is 11.2 Å². The van der Waals surface area contributed by atoms with Crippen LogP contribution in [0.2, 0.25) is 0 Å². The molecule has 10 rings (SSSR count). The monoisotopic (exact) mass is 728 g/mol. The van der Waals surface area contributed by atoms with E-state index in [1.165, 1.54) is 0 Å². The van der Waals surface area contributed by atoms with Crippen LogP contribution in [0.15, 0.2) is 199 Å². The number of hydrogen-bond acceptors (Lipinski definition) is 5. The Morgan fingerprint density at radius 3 is 1.42 bits per heavy atom. The fraction of sp³-hybridized carbons (Fsp3) is 0.